The fourth-order valence-electron chi connectivity index (χ4n) is 5.62. The van der Waals surface area contributed by atoms with Crippen LogP contribution in [0.1, 0.15) is 55.5 Å². The molecule has 0 radical (unpaired) electrons. The van der Waals surface area contributed by atoms with Crippen molar-refractivity contribution in [3.05, 3.63) is 82.0 Å². The number of hydroxylamine groups is 1. The molecule has 0 bridgehead atoms. The summed E-state index contributed by atoms with van der Waals surface area (Å²) in [7, 11) is 0. The molecule has 7 heteroatoms. The number of rotatable bonds is 6. The van der Waals surface area contributed by atoms with E-state index in [0.717, 1.165) is 78.5 Å². The highest BCUT2D eigenvalue weighted by Gasteiger charge is 2.38. The molecule has 37 heavy (non-hydrogen) atoms. The molecule has 1 aromatic heterocycles. The van der Waals surface area contributed by atoms with E-state index in [1.807, 2.05) is 42.2 Å². The summed E-state index contributed by atoms with van der Waals surface area (Å²) in [5, 5.41) is 1.01. The van der Waals surface area contributed by atoms with Gasteiger partial charge in [-0.1, -0.05) is 46.3 Å². The summed E-state index contributed by atoms with van der Waals surface area (Å²) in [6.07, 6.45) is 5.73. The summed E-state index contributed by atoms with van der Waals surface area (Å²) in [6, 6.07) is 18.2. The SMILES string of the molecule is CCONC(=C1CCN(C2(C)CCN(C(=O)c3cccc4cccnc34)CC2)CC1)c1ccc(Br)cc1. The van der Waals surface area contributed by atoms with Gasteiger partial charge >= 0.3 is 0 Å². The lowest BCUT2D eigenvalue weighted by molar-refractivity contribution is 0.0257. The van der Waals surface area contributed by atoms with E-state index in [0.29, 0.717) is 12.2 Å². The topological polar surface area (TPSA) is 57.7 Å². The van der Waals surface area contributed by atoms with Crippen molar-refractivity contribution in [2.45, 2.75) is 45.1 Å². The molecular weight excluding hydrogens is 528 g/mol. The van der Waals surface area contributed by atoms with E-state index in [9.17, 15) is 4.79 Å². The maximum absolute atomic E-state index is 13.4. The van der Waals surface area contributed by atoms with E-state index in [1.165, 1.54) is 5.57 Å². The lowest BCUT2D eigenvalue weighted by Crippen LogP contribution is -2.56. The van der Waals surface area contributed by atoms with Crippen LogP contribution in [0.5, 0.6) is 0 Å². The quantitative estimate of drug-likeness (QED) is 0.371. The van der Waals surface area contributed by atoms with Crippen LogP contribution >= 0.6 is 15.9 Å². The number of hydrogen-bond donors (Lipinski definition) is 1. The van der Waals surface area contributed by atoms with Crippen molar-refractivity contribution < 1.29 is 9.63 Å². The fourth-order valence-corrected chi connectivity index (χ4v) is 5.88. The Morgan fingerprint density at radius 3 is 2.43 bits per heavy atom. The van der Waals surface area contributed by atoms with Crippen molar-refractivity contribution in [2.24, 2.45) is 0 Å². The first-order chi connectivity index (χ1) is 18.0. The molecule has 194 valence electrons. The van der Waals surface area contributed by atoms with Gasteiger partial charge in [0, 0.05) is 47.8 Å². The number of likely N-dealkylation sites (tertiary alicyclic amines) is 2. The second kappa shape index (κ2) is 11.3. The third kappa shape index (κ3) is 5.59. The first kappa shape index (κ1) is 25.9. The van der Waals surface area contributed by atoms with Gasteiger partial charge in [-0.15, -0.1) is 0 Å². The average molecular weight is 564 g/mol. The molecule has 2 fully saturated rings. The zero-order valence-corrected chi connectivity index (χ0v) is 23.3. The van der Waals surface area contributed by atoms with Gasteiger partial charge in [0.15, 0.2) is 0 Å². The highest BCUT2D eigenvalue weighted by molar-refractivity contribution is 9.10. The molecule has 0 saturated carbocycles. The van der Waals surface area contributed by atoms with Crippen LogP contribution in [0.15, 0.2) is 70.8 Å². The van der Waals surface area contributed by atoms with Gasteiger partial charge in [-0.25, -0.2) is 0 Å². The Morgan fingerprint density at radius 2 is 1.73 bits per heavy atom. The normalized spacial score (nSPS) is 18.1. The lowest BCUT2D eigenvalue weighted by Gasteiger charge is -2.48. The Balaban J connectivity index is 1.24. The van der Waals surface area contributed by atoms with Crippen molar-refractivity contribution in [2.75, 3.05) is 32.8 Å². The zero-order chi connectivity index (χ0) is 25.8. The number of nitrogens with zero attached hydrogens (tertiary/aromatic N) is 3. The Kier molecular flexibility index (Phi) is 7.93. The molecule has 1 amide bonds. The molecule has 2 aliphatic heterocycles. The van der Waals surface area contributed by atoms with Crippen molar-refractivity contribution in [3.63, 3.8) is 0 Å². The van der Waals surface area contributed by atoms with Gasteiger partial charge in [-0.2, -0.15) is 0 Å². The van der Waals surface area contributed by atoms with E-state index in [4.69, 9.17) is 4.84 Å². The number of amides is 1. The Bertz CT molecular complexity index is 1270. The molecule has 0 unspecified atom stereocenters. The number of carbonyl (C=O) groups is 1. The summed E-state index contributed by atoms with van der Waals surface area (Å²) in [5.41, 5.74) is 8.48. The Morgan fingerprint density at radius 1 is 1.03 bits per heavy atom. The van der Waals surface area contributed by atoms with Gasteiger partial charge in [-0.05, 0) is 74.9 Å². The van der Waals surface area contributed by atoms with E-state index in [-0.39, 0.29) is 11.4 Å². The van der Waals surface area contributed by atoms with Crippen LogP contribution in [0, 0.1) is 0 Å². The third-order valence-electron chi connectivity index (χ3n) is 7.93. The van der Waals surface area contributed by atoms with Gasteiger partial charge < -0.3 is 4.90 Å². The fraction of sp³-hybridized carbons (Fsp3) is 0.400. The summed E-state index contributed by atoms with van der Waals surface area (Å²) < 4.78 is 1.07. The monoisotopic (exact) mass is 562 g/mol. The smallest absolute Gasteiger partial charge is 0.256 e. The molecule has 0 atom stereocenters. The summed E-state index contributed by atoms with van der Waals surface area (Å²) >= 11 is 3.54. The number of halogens is 1. The number of pyridine rings is 1. The number of piperidine rings is 2. The molecule has 3 heterocycles. The highest BCUT2D eigenvalue weighted by atomic mass is 79.9. The first-order valence-corrected chi connectivity index (χ1v) is 14.0. The van der Waals surface area contributed by atoms with Gasteiger partial charge in [0.1, 0.15) is 0 Å². The van der Waals surface area contributed by atoms with Gasteiger partial charge in [0.25, 0.3) is 5.91 Å². The number of nitrogens with one attached hydrogen (secondary N) is 1. The van der Waals surface area contributed by atoms with E-state index < -0.39 is 0 Å². The number of fused-ring (bicyclic) bond motifs is 1. The summed E-state index contributed by atoms with van der Waals surface area (Å²) in [6.45, 7) is 8.55. The van der Waals surface area contributed by atoms with Crippen molar-refractivity contribution in [1.82, 2.24) is 20.3 Å². The van der Waals surface area contributed by atoms with Gasteiger partial charge in [0.05, 0.1) is 23.4 Å². The number of benzene rings is 2. The van der Waals surface area contributed by atoms with Crippen LogP contribution in [-0.4, -0.2) is 59.0 Å². The van der Waals surface area contributed by atoms with E-state index in [2.05, 4.69) is 62.5 Å². The standard InChI is InChI=1S/C30H35BrN4O2/c1-3-37-33-27(23-9-11-25(31)12-10-23)24-13-18-35(19-14-24)30(2)15-20-34(21-16-30)29(36)26-8-4-6-22-7-5-17-32-28(22)26/h4-12,17,33H,3,13-16,18-21H2,1-2H3. The van der Waals surface area contributed by atoms with E-state index >= 15 is 0 Å². The van der Waals surface area contributed by atoms with Gasteiger partial charge in [-0.3, -0.25) is 25.0 Å². The summed E-state index contributed by atoms with van der Waals surface area (Å²) in [5.74, 6) is 0.0938. The maximum Gasteiger partial charge on any atom is 0.256 e. The van der Waals surface area contributed by atoms with Crippen molar-refractivity contribution in [3.8, 4) is 0 Å². The molecule has 2 aromatic carbocycles. The molecule has 0 aliphatic carbocycles. The van der Waals surface area contributed by atoms with E-state index in [1.54, 1.807) is 6.20 Å². The number of aromatic nitrogens is 1. The second-order valence-corrected chi connectivity index (χ2v) is 11.1. The predicted octanol–water partition coefficient (Wildman–Crippen LogP) is 6.04. The Hall–Kier alpha value is -2.74. The minimum Gasteiger partial charge on any atom is -0.338 e. The molecule has 2 aliphatic rings. The molecule has 0 spiro atoms. The molecular formula is C30H35BrN4O2. The van der Waals surface area contributed by atoms with Crippen molar-refractivity contribution >= 4 is 38.4 Å². The van der Waals surface area contributed by atoms with Crippen LogP contribution in [-0.2, 0) is 4.84 Å². The van der Waals surface area contributed by atoms with Crippen LogP contribution in [0.4, 0.5) is 0 Å². The second-order valence-electron chi connectivity index (χ2n) is 10.2. The van der Waals surface area contributed by atoms with Gasteiger partial charge in [0.2, 0.25) is 0 Å². The molecule has 3 aromatic rings. The van der Waals surface area contributed by atoms with Crippen LogP contribution < -0.4 is 5.48 Å². The number of para-hydroxylation sites is 1. The molecule has 1 N–H and O–H groups in total. The third-order valence-corrected chi connectivity index (χ3v) is 8.46. The summed E-state index contributed by atoms with van der Waals surface area (Å²) in [4.78, 5) is 28.2. The minimum atomic E-state index is 0.0938. The molecule has 5 rings (SSSR count). The average Bonchev–Trinajstić information content (AvgIpc) is 2.94. The minimum absolute atomic E-state index is 0.0938. The Labute approximate surface area is 227 Å². The molecule has 6 nitrogen and oxygen atoms in total. The number of carbonyl (C=O) groups excluding carboxylic acids is 1. The first-order valence-electron chi connectivity index (χ1n) is 13.2. The number of hydrogen-bond acceptors (Lipinski definition) is 5. The van der Waals surface area contributed by atoms with Crippen LogP contribution in [0.25, 0.3) is 16.6 Å². The lowest BCUT2D eigenvalue weighted by atomic mass is 9.85. The van der Waals surface area contributed by atoms with Crippen LogP contribution in [0.2, 0.25) is 0 Å². The van der Waals surface area contributed by atoms with Crippen molar-refractivity contribution in [1.29, 1.82) is 0 Å². The highest BCUT2D eigenvalue weighted by Crippen LogP contribution is 2.35. The maximum atomic E-state index is 13.4. The molecule has 2 saturated heterocycles. The largest absolute Gasteiger partial charge is 0.338 e. The predicted molar refractivity (Wildman–Crippen MR) is 152 cm³/mol. The van der Waals surface area contributed by atoms with Crippen LogP contribution in [0.3, 0.4) is 0 Å². The zero-order valence-electron chi connectivity index (χ0n) is 21.7.